The van der Waals surface area contributed by atoms with Crippen molar-refractivity contribution < 1.29 is 13.6 Å². The van der Waals surface area contributed by atoms with Gasteiger partial charge in [-0.2, -0.15) is 5.26 Å². The van der Waals surface area contributed by atoms with Crippen LogP contribution >= 0.6 is 0 Å². The Morgan fingerprint density at radius 1 is 0.943 bits per heavy atom. The number of anilines is 1. The molecule has 35 heavy (non-hydrogen) atoms. The highest BCUT2D eigenvalue weighted by Gasteiger charge is 2.25. The van der Waals surface area contributed by atoms with Gasteiger partial charge in [0.1, 0.15) is 17.7 Å². The number of hydrogen-bond donors (Lipinski definition) is 0. The van der Waals surface area contributed by atoms with E-state index in [9.17, 15) is 14.4 Å². The van der Waals surface area contributed by atoms with Crippen LogP contribution in [0.5, 0.6) is 0 Å². The van der Waals surface area contributed by atoms with Crippen LogP contribution in [0.15, 0.2) is 77.5 Å². The molecule has 7 nitrogen and oxygen atoms in total. The fourth-order valence-corrected chi connectivity index (χ4v) is 4.28. The molecule has 1 saturated heterocycles. The minimum atomic E-state index is -0.402. The van der Waals surface area contributed by atoms with Crippen molar-refractivity contribution in [2.45, 2.75) is 6.42 Å². The fraction of sp³-hybridized carbons (Fsp3) is 0.185. The third-order valence-corrected chi connectivity index (χ3v) is 6.02. The number of carbonyl (C=O) groups excluding carboxylic acids is 1. The Kier molecular flexibility index (Phi) is 6.22. The van der Waals surface area contributed by atoms with Gasteiger partial charge in [0.25, 0.3) is 5.91 Å². The molecule has 0 N–H and O–H groups in total. The normalized spacial score (nSPS) is 13.8. The average Bonchev–Trinajstić information content (AvgIpc) is 3.26. The molecule has 1 aliphatic heterocycles. The summed E-state index contributed by atoms with van der Waals surface area (Å²) in [6.45, 7) is 2.32. The van der Waals surface area contributed by atoms with Crippen molar-refractivity contribution in [2.75, 3.05) is 31.1 Å². The van der Waals surface area contributed by atoms with Gasteiger partial charge < -0.3 is 14.2 Å². The van der Waals surface area contributed by atoms with Gasteiger partial charge in [0.15, 0.2) is 5.76 Å². The number of rotatable bonds is 4. The predicted octanol–water partition coefficient (Wildman–Crippen LogP) is 4.77. The lowest BCUT2D eigenvalue weighted by Crippen LogP contribution is -2.35. The molecular formula is C27H22FN5O2. The molecular weight excluding hydrogens is 445 g/mol. The van der Waals surface area contributed by atoms with Crippen molar-refractivity contribution in [1.82, 2.24) is 14.9 Å². The lowest BCUT2D eigenvalue weighted by Gasteiger charge is -2.24. The van der Waals surface area contributed by atoms with E-state index in [4.69, 9.17) is 4.42 Å². The smallest absolute Gasteiger partial charge is 0.254 e. The molecule has 0 radical (unpaired) electrons. The fourth-order valence-electron chi connectivity index (χ4n) is 4.28. The number of nitrogens with zero attached hydrogens (tertiary/aromatic N) is 5. The standard InChI is InChI=1S/C27H22FN5O2/c28-23-11-4-3-10-22(23)24-18-31-26(35-24)20-8-1-2-9-21(20)27(34)33-14-6-13-32(15-16-33)25-19(17-29)7-5-12-30-25/h1-5,7-12,18H,6,13-16H2. The molecule has 0 aliphatic carbocycles. The van der Waals surface area contributed by atoms with E-state index in [1.807, 2.05) is 11.0 Å². The van der Waals surface area contributed by atoms with Gasteiger partial charge in [-0.1, -0.05) is 24.3 Å². The molecule has 2 aromatic heterocycles. The number of amides is 1. The van der Waals surface area contributed by atoms with E-state index in [1.54, 1.807) is 59.6 Å². The number of carbonyl (C=O) groups is 1. The summed E-state index contributed by atoms with van der Waals surface area (Å²) in [5, 5.41) is 9.42. The van der Waals surface area contributed by atoms with Gasteiger partial charge in [0, 0.05) is 37.9 Å². The second-order valence-electron chi connectivity index (χ2n) is 8.17. The lowest BCUT2D eigenvalue weighted by molar-refractivity contribution is 0.0767. The molecule has 1 aliphatic rings. The minimum Gasteiger partial charge on any atom is -0.436 e. The van der Waals surface area contributed by atoms with E-state index in [0.717, 1.165) is 6.42 Å². The number of benzene rings is 2. The maximum Gasteiger partial charge on any atom is 0.254 e. The van der Waals surface area contributed by atoms with Gasteiger partial charge in [-0.05, 0) is 42.8 Å². The summed E-state index contributed by atoms with van der Waals surface area (Å²) in [5.41, 5.74) is 1.86. The van der Waals surface area contributed by atoms with Gasteiger partial charge >= 0.3 is 0 Å². The number of hydrogen-bond acceptors (Lipinski definition) is 6. The first-order chi connectivity index (χ1) is 17.2. The second kappa shape index (κ2) is 9.77. The van der Waals surface area contributed by atoms with Gasteiger partial charge in [-0.15, -0.1) is 0 Å². The quantitative estimate of drug-likeness (QED) is 0.430. The largest absolute Gasteiger partial charge is 0.436 e. The van der Waals surface area contributed by atoms with E-state index in [-0.39, 0.29) is 11.8 Å². The Bertz CT molecular complexity index is 1410. The van der Waals surface area contributed by atoms with Gasteiger partial charge in [0.05, 0.1) is 22.9 Å². The van der Waals surface area contributed by atoms with Crippen molar-refractivity contribution in [3.8, 4) is 28.8 Å². The van der Waals surface area contributed by atoms with E-state index < -0.39 is 5.82 Å². The molecule has 1 fully saturated rings. The summed E-state index contributed by atoms with van der Waals surface area (Å²) in [6, 6.07) is 19.2. The molecule has 5 rings (SSSR count). The average molecular weight is 468 g/mol. The minimum absolute atomic E-state index is 0.130. The lowest BCUT2D eigenvalue weighted by atomic mass is 10.1. The Balaban J connectivity index is 1.38. The van der Waals surface area contributed by atoms with Crippen LogP contribution in [0.1, 0.15) is 22.3 Å². The van der Waals surface area contributed by atoms with E-state index in [2.05, 4.69) is 16.0 Å². The third kappa shape index (κ3) is 4.49. The molecule has 0 saturated carbocycles. The highest BCUT2D eigenvalue weighted by molar-refractivity contribution is 6.00. The summed E-state index contributed by atoms with van der Waals surface area (Å²) in [4.78, 5) is 26.1. The van der Waals surface area contributed by atoms with Gasteiger partial charge in [0.2, 0.25) is 5.89 Å². The van der Waals surface area contributed by atoms with Crippen molar-refractivity contribution >= 4 is 11.7 Å². The van der Waals surface area contributed by atoms with Gasteiger partial charge in [-0.25, -0.2) is 14.4 Å². The topological polar surface area (TPSA) is 86.3 Å². The molecule has 0 atom stereocenters. The van der Waals surface area contributed by atoms with Crippen LogP contribution in [0.2, 0.25) is 0 Å². The molecule has 174 valence electrons. The summed E-state index contributed by atoms with van der Waals surface area (Å²) in [7, 11) is 0. The highest BCUT2D eigenvalue weighted by Crippen LogP contribution is 2.30. The predicted molar refractivity (Wildman–Crippen MR) is 129 cm³/mol. The monoisotopic (exact) mass is 467 g/mol. The zero-order chi connectivity index (χ0) is 24.2. The number of oxazole rings is 1. The Labute approximate surface area is 202 Å². The Hall–Kier alpha value is -4.51. The van der Waals surface area contributed by atoms with E-state index >= 15 is 0 Å². The molecule has 0 spiro atoms. The van der Waals surface area contributed by atoms with Crippen molar-refractivity contribution in [3.63, 3.8) is 0 Å². The zero-order valence-corrected chi connectivity index (χ0v) is 18.9. The van der Waals surface area contributed by atoms with Crippen LogP contribution in [-0.2, 0) is 0 Å². The molecule has 0 bridgehead atoms. The number of aromatic nitrogens is 2. The Morgan fingerprint density at radius 2 is 1.74 bits per heavy atom. The highest BCUT2D eigenvalue weighted by atomic mass is 19.1. The third-order valence-electron chi connectivity index (χ3n) is 6.02. The maximum atomic E-state index is 14.2. The number of nitriles is 1. The summed E-state index contributed by atoms with van der Waals surface area (Å²) in [6.07, 6.45) is 3.89. The van der Waals surface area contributed by atoms with Crippen LogP contribution in [0.25, 0.3) is 22.8 Å². The molecule has 3 heterocycles. The van der Waals surface area contributed by atoms with Crippen molar-refractivity contribution in [2.24, 2.45) is 0 Å². The molecule has 0 unspecified atom stereocenters. The first-order valence-electron chi connectivity index (χ1n) is 11.3. The van der Waals surface area contributed by atoms with Crippen molar-refractivity contribution in [3.05, 3.63) is 90.0 Å². The summed E-state index contributed by atoms with van der Waals surface area (Å²) >= 11 is 0. The zero-order valence-electron chi connectivity index (χ0n) is 18.9. The maximum absolute atomic E-state index is 14.2. The summed E-state index contributed by atoms with van der Waals surface area (Å²) < 4.78 is 20.1. The van der Waals surface area contributed by atoms with Crippen LogP contribution in [0, 0.1) is 17.1 Å². The van der Waals surface area contributed by atoms with Crippen molar-refractivity contribution in [1.29, 1.82) is 5.26 Å². The number of halogens is 1. The van der Waals surface area contributed by atoms with Gasteiger partial charge in [-0.3, -0.25) is 4.79 Å². The van der Waals surface area contributed by atoms with Crippen LogP contribution in [-0.4, -0.2) is 47.0 Å². The number of pyridine rings is 1. The molecule has 2 aromatic carbocycles. The first-order valence-corrected chi connectivity index (χ1v) is 11.3. The Morgan fingerprint density at radius 3 is 2.57 bits per heavy atom. The first kappa shape index (κ1) is 22.3. The summed E-state index contributed by atoms with van der Waals surface area (Å²) in [5.74, 6) is 0.672. The molecule has 1 amide bonds. The van der Waals surface area contributed by atoms with E-state index in [1.165, 1.54) is 12.3 Å². The van der Waals surface area contributed by atoms with Crippen LogP contribution in [0.4, 0.5) is 10.2 Å². The van der Waals surface area contributed by atoms with E-state index in [0.29, 0.717) is 60.0 Å². The SMILES string of the molecule is N#Cc1cccnc1N1CCCN(C(=O)c2ccccc2-c2ncc(-c3ccccc3F)o2)CC1. The molecule has 8 heteroatoms. The van der Waals surface area contributed by atoms with Crippen LogP contribution < -0.4 is 4.90 Å². The molecule has 4 aromatic rings. The van der Waals surface area contributed by atoms with Crippen LogP contribution in [0.3, 0.4) is 0 Å². The second-order valence-corrected chi connectivity index (χ2v) is 8.17.